The molecule has 106 valence electrons. The monoisotopic (exact) mass is 267 g/mol. The number of hydrogen-bond acceptors (Lipinski definition) is 1. The molecule has 1 saturated carbocycles. The van der Waals surface area contributed by atoms with Crippen LogP contribution in [0, 0.1) is 17.6 Å². The van der Waals surface area contributed by atoms with Crippen LogP contribution in [0.2, 0.25) is 0 Å². The average Bonchev–Trinajstić information content (AvgIpc) is 2.38. The Morgan fingerprint density at radius 1 is 1.16 bits per heavy atom. The molecule has 3 heteroatoms. The lowest BCUT2D eigenvalue weighted by molar-refractivity contribution is 0.280. The molecule has 0 saturated heterocycles. The predicted octanol–water partition coefficient (Wildman–Crippen LogP) is 4.07. The van der Waals surface area contributed by atoms with Crippen molar-refractivity contribution in [1.29, 1.82) is 0 Å². The van der Waals surface area contributed by atoms with Gasteiger partial charge in [-0.2, -0.15) is 0 Å². The van der Waals surface area contributed by atoms with E-state index in [0.717, 1.165) is 24.1 Å². The summed E-state index contributed by atoms with van der Waals surface area (Å²) in [6.07, 6.45) is 7.06. The summed E-state index contributed by atoms with van der Waals surface area (Å²) in [5.41, 5.74) is 0.729. The summed E-state index contributed by atoms with van der Waals surface area (Å²) in [6, 6.07) is 4.34. The molecule has 1 aliphatic rings. The first-order valence-electron chi connectivity index (χ1n) is 7.35. The topological polar surface area (TPSA) is 12.0 Å². The highest BCUT2D eigenvalue weighted by atomic mass is 19.1. The van der Waals surface area contributed by atoms with Crippen molar-refractivity contribution < 1.29 is 8.78 Å². The van der Waals surface area contributed by atoms with Gasteiger partial charge in [0.05, 0.1) is 0 Å². The molecule has 0 amide bonds. The maximum absolute atomic E-state index is 13.0. The molecule has 1 nitrogen and oxygen atoms in total. The molecule has 0 spiro atoms. The third kappa shape index (κ3) is 4.57. The van der Waals surface area contributed by atoms with Gasteiger partial charge in [0, 0.05) is 12.1 Å². The lowest BCUT2D eigenvalue weighted by atomic mass is 9.84. The van der Waals surface area contributed by atoms with Crippen LogP contribution in [0.1, 0.15) is 44.6 Å². The van der Waals surface area contributed by atoms with E-state index in [4.69, 9.17) is 0 Å². The second-order valence-corrected chi connectivity index (χ2v) is 5.62. The van der Waals surface area contributed by atoms with Crippen molar-refractivity contribution in [3.05, 3.63) is 35.4 Å². The first-order chi connectivity index (χ1) is 9.17. The Balaban J connectivity index is 1.76. The summed E-state index contributed by atoms with van der Waals surface area (Å²) in [7, 11) is 0. The van der Waals surface area contributed by atoms with Crippen molar-refractivity contribution in [3.63, 3.8) is 0 Å². The van der Waals surface area contributed by atoms with E-state index >= 15 is 0 Å². The molecule has 2 atom stereocenters. The lowest BCUT2D eigenvalue weighted by Crippen LogP contribution is -2.35. The average molecular weight is 267 g/mol. The molecular formula is C16H23F2N. The smallest absolute Gasteiger partial charge is 0.126 e. The maximum Gasteiger partial charge on any atom is 0.126 e. The van der Waals surface area contributed by atoms with Crippen molar-refractivity contribution in [3.8, 4) is 0 Å². The molecule has 1 N–H and O–H groups in total. The van der Waals surface area contributed by atoms with Gasteiger partial charge in [-0.15, -0.1) is 0 Å². The van der Waals surface area contributed by atoms with Gasteiger partial charge in [0.25, 0.3) is 0 Å². The molecule has 19 heavy (non-hydrogen) atoms. The quantitative estimate of drug-likeness (QED) is 0.848. The Bertz CT molecular complexity index is 385. The van der Waals surface area contributed by atoms with Gasteiger partial charge in [-0.25, -0.2) is 8.78 Å². The normalized spacial score (nSPS) is 23.5. The Kier molecular flexibility index (Phi) is 5.32. The van der Waals surface area contributed by atoms with E-state index in [9.17, 15) is 8.78 Å². The van der Waals surface area contributed by atoms with Crippen LogP contribution < -0.4 is 5.32 Å². The molecular weight excluding hydrogens is 244 g/mol. The predicted molar refractivity (Wildman–Crippen MR) is 74.1 cm³/mol. The number of halogens is 2. The van der Waals surface area contributed by atoms with Gasteiger partial charge in [0.1, 0.15) is 11.6 Å². The number of hydrogen-bond donors (Lipinski definition) is 1. The zero-order valence-corrected chi connectivity index (χ0v) is 11.6. The second-order valence-electron chi connectivity index (χ2n) is 5.62. The minimum absolute atomic E-state index is 0.487. The van der Waals surface area contributed by atoms with Crippen LogP contribution in [0.15, 0.2) is 18.2 Å². The third-order valence-electron chi connectivity index (χ3n) is 4.13. The molecule has 1 fully saturated rings. The highest BCUT2D eigenvalue weighted by Crippen LogP contribution is 2.26. The Labute approximate surface area is 114 Å². The van der Waals surface area contributed by atoms with Gasteiger partial charge < -0.3 is 5.32 Å². The van der Waals surface area contributed by atoms with Gasteiger partial charge in [-0.1, -0.05) is 26.2 Å². The van der Waals surface area contributed by atoms with Gasteiger partial charge >= 0.3 is 0 Å². The first kappa shape index (κ1) is 14.4. The first-order valence-corrected chi connectivity index (χ1v) is 7.35. The summed E-state index contributed by atoms with van der Waals surface area (Å²) in [5, 5.41) is 3.53. The largest absolute Gasteiger partial charge is 0.314 e. The summed E-state index contributed by atoms with van der Waals surface area (Å²) in [5.74, 6) is -0.129. The Morgan fingerprint density at radius 3 is 2.58 bits per heavy atom. The number of rotatable bonds is 5. The Morgan fingerprint density at radius 2 is 1.89 bits per heavy atom. The molecule has 1 aromatic rings. The fourth-order valence-electron chi connectivity index (χ4n) is 3.02. The fraction of sp³-hybridized carbons (Fsp3) is 0.625. The molecule has 0 heterocycles. The van der Waals surface area contributed by atoms with E-state index in [1.54, 1.807) is 0 Å². The van der Waals surface area contributed by atoms with E-state index in [1.165, 1.54) is 44.2 Å². The van der Waals surface area contributed by atoms with Crippen LogP contribution in [-0.2, 0) is 6.42 Å². The molecule has 0 bridgehead atoms. The summed E-state index contributed by atoms with van der Waals surface area (Å²) >= 11 is 0. The SMILES string of the molecule is CCC1CCCC(NCCc2cc(F)cc(F)c2)C1. The van der Waals surface area contributed by atoms with E-state index in [0.29, 0.717) is 12.5 Å². The number of nitrogens with one attached hydrogen (secondary N) is 1. The lowest BCUT2D eigenvalue weighted by Gasteiger charge is -2.29. The van der Waals surface area contributed by atoms with Crippen LogP contribution in [0.25, 0.3) is 0 Å². The highest BCUT2D eigenvalue weighted by molar-refractivity contribution is 5.18. The van der Waals surface area contributed by atoms with Crippen LogP contribution in [0.5, 0.6) is 0 Å². The van der Waals surface area contributed by atoms with Gasteiger partial charge in [0.15, 0.2) is 0 Å². The van der Waals surface area contributed by atoms with Crippen LogP contribution >= 0.6 is 0 Å². The molecule has 2 unspecified atom stereocenters. The van der Waals surface area contributed by atoms with Crippen molar-refractivity contribution in [2.24, 2.45) is 5.92 Å². The van der Waals surface area contributed by atoms with Gasteiger partial charge in [-0.05, 0) is 49.4 Å². The van der Waals surface area contributed by atoms with Crippen LogP contribution in [0.3, 0.4) is 0 Å². The Hall–Kier alpha value is -0.960. The van der Waals surface area contributed by atoms with Crippen LogP contribution in [-0.4, -0.2) is 12.6 Å². The van der Waals surface area contributed by atoms with Crippen molar-refractivity contribution >= 4 is 0 Å². The fourth-order valence-corrected chi connectivity index (χ4v) is 3.02. The van der Waals surface area contributed by atoms with Crippen molar-refractivity contribution in [2.45, 2.75) is 51.5 Å². The van der Waals surface area contributed by atoms with Crippen molar-refractivity contribution in [1.82, 2.24) is 5.32 Å². The molecule has 0 aromatic heterocycles. The van der Waals surface area contributed by atoms with E-state index in [2.05, 4.69) is 12.2 Å². The molecule has 0 radical (unpaired) electrons. The zero-order chi connectivity index (χ0) is 13.7. The van der Waals surface area contributed by atoms with Gasteiger partial charge in [-0.3, -0.25) is 0 Å². The van der Waals surface area contributed by atoms with Crippen LogP contribution in [0.4, 0.5) is 8.78 Å². The minimum atomic E-state index is -0.487. The second kappa shape index (κ2) is 6.99. The summed E-state index contributed by atoms with van der Waals surface area (Å²) in [4.78, 5) is 0. The summed E-state index contributed by atoms with van der Waals surface area (Å²) < 4.78 is 26.1. The zero-order valence-electron chi connectivity index (χ0n) is 11.6. The van der Waals surface area contributed by atoms with E-state index in [-0.39, 0.29) is 0 Å². The van der Waals surface area contributed by atoms with Gasteiger partial charge in [0.2, 0.25) is 0 Å². The maximum atomic E-state index is 13.0. The molecule has 1 aliphatic carbocycles. The van der Waals surface area contributed by atoms with E-state index < -0.39 is 11.6 Å². The number of benzene rings is 1. The standard InChI is InChI=1S/C16H23F2N/c1-2-12-4-3-5-16(10-12)19-7-6-13-8-14(17)11-15(18)9-13/h8-9,11-12,16,19H,2-7,10H2,1H3. The summed E-state index contributed by atoms with van der Waals surface area (Å²) in [6.45, 7) is 3.05. The molecule has 0 aliphatic heterocycles. The van der Waals surface area contributed by atoms with E-state index in [1.807, 2.05) is 0 Å². The van der Waals surface area contributed by atoms with Crippen molar-refractivity contribution in [2.75, 3.05) is 6.54 Å². The molecule has 2 rings (SSSR count). The molecule has 1 aromatic carbocycles. The third-order valence-corrected chi connectivity index (χ3v) is 4.13. The highest BCUT2D eigenvalue weighted by Gasteiger charge is 2.19. The minimum Gasteiger partial charge on any atom is -0.314 e.